The summed E-state index contributed by atoms with van der Waals surface area (Å²) in [5.74, 6) is 0. The van der Waals surface area contributed by atoms with Crippen molar-refractivity contribution in [1.29, 1.82) is 0 Å². The Bertz CT molecular complexity index is 227. The molecule has 1 rings (SSSR count). The number of allylic oxidation sites excluding steroid dienone is 1. The van der Waals surface area contributed by atoms with E-state index >= 15 is 0 Å². The molecule has 0 radical (unpaired) electrons. The molecule has 2 atom stereocenters. The molecule has 0 bridgehead atoms. The van der Waals surface area contributed by atoms with Crippen molar-refractivity contribution >= 4 is 0 Å². The maximum Gasteiger partial charge on any atom is 0.0876 e. The first kappa shape index (κ1) is 16.7. The molecule has 0 amide bonds. The van der Waals surface area contributed by atoms with Crippen molar-refractivity contribution in [3.8, 4) is 0 Å². The number of hydrogen-bond acceptors (Lipinski definition) is 2. The zero-order valence-electron chi connectivity index (χ0n) is 12.8. The van der Waals surface area contributed by atoms with Crippen LogP contribution in [0, 0.1) is 0 Å². The molecule has 112 valence electrons. The van der Waals surface area contributed by atoms with Crippen molar-refractivity contribution < 1.29 is 4.74 Å². The minimum atomic E-state index is 0.540. The fourth-order valence-electron chi connectivity index (χ4n) is 2.52. The predicted octanol–water partition coefficient (Wildman–Crippen LogP) is 4.58. The van der Waals surface area contributed by atoms with Gasteiger partial charge in [0.15, 0.2) is 0 Å². The monoisotopic (exact) mass is 267 g/mol. The van der Waals surface area contributed by atoms with Crippen LogP contribution in [-0.2, 0) is 4.74 Å². The van der Waals surface area contributed by atoms with E-state index < -0.39 is 0 Å². The van der Waals surface area contributed by atoms with Gasteiger partial charge in [0.2, 0.25) is 0 Å². The van der Waals surface area contributed by atoms with Crippen LogP contribution in [0.4, 0.5) is 0 Å². The van der Waals surface area contributed by atoms with Crippen molar-refractivity contribution in [1.82, 2.24) is 0 Å². The van der Waals surface area contributed by atoms with Crippen molar-refractivity contribution in [2.75, 3.05) is 6.54 Å². The minimum Gasteiger partial charge on any atom is -0.369 e. The Labute approximate surface area is 119 Å². The molecule has 0 aromatic rings. The van der Waals surface area contributed by atoms with Gasteiger partial charge < -0.3 is 10.5 Å². The van der Waals surface area contributed by atoms with Crippen LogP contribution in [0.25, 0.3) is 0 Å². The van der Waals surface area contributed by atoms with E-state index in [1.54, 1.807) is 0 Å². The lowest BCUT2D eigenvalue weighted by Gasteiger charge is -1.97. The zero-order chi connectivity index (χ0) is 13.8. The summed E-state index contributed by atoms with van der Waals surface area (Å²) in [5, 5.41) is 0. The average molecular weight is 267 g/mol. The van der Waals surface area contributed by atoms with Crippen molar-refractivity contribution in [2.24, 2.45) is 5.73 Å². The molecule has 0 spiro atoms. The van der Waals surface area contributed by atoms with E-state index in [2.05, 4.69) is 19.1 Å². The molecule has 19 heavy (non-hydrogen) atoms. The zero-order valence-corrected chi connectivity index (χ0v) is 12.8. The van der Waals surface area contributed by atoms with Crippen LogP contribution in [0.1, 0.15) is 77.6 Å². The lowest BCUT2D eigenvalue weighted by Crippen LogP contribution is -1.97. The second-order valence-electron chi connectivity index (χ2n) is 5.76. The Morgan fingerprint density at radius 1 is 0.895 bits per heavy atom. The second-order valence-corrected chi connectivity index (χ2v) is 5.76. The number of nitrogens with two attached hydrogens (primary N) is 1. The number of unbranched alkanes of at least 4 members (excludes halogenated alkanes) is 7. The van der Waals surface area contributed by atoms with Crippen molar-refractivity contribution in [3.05, 3.63) is 12.2 Å². The molecular formula is C17H33NO. The summed E-state index contributed by atoms with van der Waals surface area (Å²) < 4.78 is 5.67. The third kappa shape index (κ3) is 9.23. The number of rotatable bonds is 13. The van der Waals surface area contributed by atoms with Crippen LogP contribution in [0.15, 0.2) is 12.2 Å². The second kappa shape index (κ2) is 11.5. The van der Waals surface area contributed by atoms with Gasteiger partial charge in [-0.05, 0) is 38.6 Å². The first-order chi connectivity index (χ1) is 9.38. The number of hydrogen-bond donors (Lipinski definition) is 1. The Balaban J connectivity index is 1.81. The van der Waals surface area contributed by atoms with Gasteiger partial charge in [0.25, 0.3) is 0 Å². The smallest absolute Gasteiger partial charge is 0.0876 e. The van der Waals surface area contributed by atoms with Gasteiger partial charge in [-0.2, -0.15) is 0 Å². The molecule has 0 aromatic heterocycles. The Morgan fingerprint density at radius 2 is 1.68 bits per heavy atom. The molecule has 1 aliphatic heterocycles. The van der Waals surface area contributed by atoms with E-state index in [1.807, 2.05) is 0 Å². The SMILES string of the molecule is CCCCCC1OC1C/C=C\CCCCCCCN. The molecule has 0 aromatic carbocycles. The molecule has 2 unspecified atom stereocenters. The highest BCUT2D eigenvalue weighted by molar-refractivity contribution is 4.93. The molecule has 2 heteroatoms. The van der Waals surface area contributed by atoms with Gasteiger partial charge in [-0.1, -0.05) is 57.6 Å². The fraction of sp³-hybridized carbons (Fsp3) is 0.882. The molecule has 2 nitrogen and oxygen atoms in total. The number of ether oxygens (including phenoxy) is 1. The summed E-state index contributed by atoms with van der Waals surface area (Å²) in [6, 6.07) is 0. The molecular weight excluding hydrogens is 234 g/mol. The van der Waals surface area contributed by atoms with E-state index in [0.29, 0.717) is 12.2 Å². The van der Waals surface area contributed by atoms with Gasteiger partial charge in [-0.15, -0.1) is 0 Å². The maximum absolute atomic E-state index is 5.67. The van der Waals surface area contributed by atoms with Gasteiger partial charge in [0, 0.05) is 0 Å². The standard InChI is InChI=1S/C17H33NO/c1-2-3-10-13-16-17(19-16)14-11-8-6-4-5-7-9-12-15-18/h8,11,16-17H,2-7,9-10,12-15,18H2,1H3/b11-8-. The number of epoxide rings is 1. The van der Waals surface area contributed by atoms with Gasteiger partial charge in [-0.25, -0.2) is 0 Å². The molecule has 1 saturated heterocycles. The van der Waals surface area contributed by atoms with Crippen LogP contribution in [-0.4, -0.2) is 18.8 Å². The highest BCUT2D eigenvalue weighted by Gasteiger charge is 2.36. The fourth-order valence-corrected chi connectivity index (χ4v) is 2.52. The maximum atomic E-state index is 5.67. The van der Waals surface area contributed by atoms with Crippen LogP contribution < -0.4 is 5.73 Å². The third-order valence-electron chi connectivity index (χ3n) is 3.89. The minimum absolute atomic E-state index is 0.540. The first-order valence-corrected chi connectivity index (χ1v) is 8.39. The van der Waals surface area contributed by atoms with E-state index in [1.165, 1.54) is 64.2 Å². The van der Waals surface area contributed by atoms with Crippen LogP contribution in [0.2, 0.25) is 0 Å². The van der Waals surface area contributed by atoms with E-state index in [4.69, 9.17) is 10.5 Å². The summed E-state index contributed by atoms with van der Waals surface area (Å²) in [6.45, 7) is 3.10. The van der Waals surface area contributed by atoms with Crippen LogP contribution in [0.3, 0.4) is 0 Å². The third-order valence-corrected chi connectivity index (χ3v) is 3.89. The van der Waals surface area contributed by atoms with E-state index in [-0.39, 0.29) is 0 Å². The van der Waals surface area contributed by atoms with Crippen molar-refractivity contribution in [2.45, 2.75) is 89.8 Å². The largest absolute Gasteiger partial charge is 0.369 e. The van der Waals surface area contributed by atoms with E-state index in [9.17, 15) is 0 Å². The van der Waals surface area contributed by atoms with E-state index in [0.717, 1.165) is 13.0 Å². The lowest BCUT2D eigenvalue weighted by molar-refractivity contribution is 0.359. The Kier molecular flexibility index (Phi) is 10.1. The molecule has 1 fully saturated rings. The lowest BCUT2D eigenvalue weighted by atomic mass is 10.1. The Morgan fingerprint density at radius 3 is 2.47 bits per heavy atom. The quantitative estimate of drug-likeness (QED) is 0.301. The summed E-state index contributed by atoms with van der Waals surface area (Å²) in [6.07, 6.45) is 19.9. The van der Waals surface area contributed by atoms with Gasteiger partial charge in [-0.3, -0.25) is 0 Å². The van der Waals surface area contributed by atoms with Gasteiger partial charge in [0.1, 0.15) is 0 Å². The molecule has 0 aliphatic carbocycles. The van der Waals surface area contributed by atoms with Crippen molar-refractivity contribution in [3.63, 3.8) is 0 Å². The topological polar surface area (TPSA) is 38.5 Å². The van der Waals surface area contributed by atoms with Crippen LogP contribution >= 0.6 is 0 Å². The highest BCUT2D eigenvalue weighted by Crippen LogP contribution is 2.30. The van der Waals surface area contributed by atoms with Gasteiger partial charge >= 0.3 is 0 Å². The normalized spacial score (nSPS) is 22.2. The van der Waals surface area contributed by atoms with Gasteiger partial charge in [0.05, 0.1) is 12.2 Å². The molecule has 1 aliphatic rings. The predicted molar refractivity (Wildman–Crippen MR) is 83.3 cm³/mol. The summed E-state index contributed by atoms with van der Waals surface area (Å²) in [5.41, 5.74) is 5.47. The average Bonchev–Trinajstić information content (AvgIpc) is 3.16. The molecule has 0 saturated carbocycles. The summed E-state index contributed by atoms with van der Waals surface area (Å²) in [7, 11) is 0. The summed E-state index contributed by atoms with van der Waals surface area (Å²) >= 11 is 0. The molecule has 1 heterocycles. The first-order valence-electron chi connectivity index (χ1n) is 8.39. The van der Waals surface area contributed by atoms with Crippen LogP contribution in [0.5, 0.6) is 0 Å². The molecule has 2 N–H and O–H groups in total. The summed E-state index contributed by atoms with van der Waals surface area (Å²) in [4.78, 5) is 0. The Hall–Kier alpha value is -0.340. The highest BCUT2D eigenvalue weighted by atomic mass is 16.6.